The summed E-state index contributed by atoms with van der Waals surface area (Å²) in [5, 5.41) is 0.470. The molecule has 1 atom stereocenters. The maximum atomic E-state index is 13.0. The highest BCUT2D eigenvalue weighted by Gasteiger charge is 2.24. The maximum absolute atomic E-state index is 13.0. The van der Waals surface area contributed by atoms with Gasteiger partial charge in [0, 0.05) is 25.4 Å². The first-order chi connectivity index (χ1) is 14.5. The summed E-state index contributed by atoms with van der Waals surface area (Å²) in [6.45, 7) is 0.766. The maximum Gasteiger partial charge on any atom is 0.328 e. The van der Waals surface area contributed by atoms with Gasteiger partial charge in [-0.2, -0.15) is 0 Å². The van der Waals surface area contributed by atoms with Crippen LogP contribution >= 0.6 is 0 Å². The molecule has 10 heteroatoms. The zero-order valence-corrected chi connectivity index (χ0v) is 16.2. The van der Waals surface area contributed by atoms with Crippen LogP contribution in [-0.4, -0.2) is 49.6 Å². The third-order valence-electron chi connectivity index (χ3n) is 5.01. The third-order valence-corrected chi connectivity index (χ3v) is 5.01. The molecule has 4 rings (SSSR count). The molecule has 0 saturated carbocycles. The van der Waals surface area contributed by atoms with E-state index in [0.29, 0.717) is 29.9 Å². The summed E-state index contributed by atoms with van der Waals surface area (Å²) in [6, 6.07) is 8.15. The Bertz CT molecular complexity index is 1240. The van der Waals surface area contributed by atoms with E-state index in [2.05, 4.69) is 15.0 Å². The average molecular weight is 411 g/mol. The molecule has 30 heavy (non-hydrogen) atoms. The van der Waals surface area contributed by atoms with Crippen molar-refractivity contribution in [1.29, 1.82) is 0 Å². The van der Waals surface area contributed by atoms with Crippen LogP contribution in [0.2, 0.25) is 0 Å². The number of aromatic amines is 2. The van der Waals surface area contributed by atoms with Crippen LogP contribution in [-0.2, 0) is 22.6 Å². The SMILES string of the molecule is O=C(Cn1ccc(=O)[nH]c1=O)N(Cc1nc2ccccc2c(=O)[nH]1)C[C@@H]1CCCO1. The van der Waals surface area contributed by atoms with Gasteiger partial charge in [0.05, 0.1) is 23.6 Å². The van der Waals surface area contributed by atoms with Crippen molar-refractivity contribution in [2.75, 3.05) is 13.2 Å². The van der Waals surface area contributed by atoms with E-state index < -0.39 is 11.2 Å². The molecule has 1 aromatic carbocycles. The molecule has 0 spiro atoms. The van der Waals surface area contributed by atoms with Crippen molar-refractivity contribution in [3.05, 3.63) is 73.5 Å². The van der Waals surface area contributed by atoms with Gasteiger partial charge in [-0.15, -0.1) is 0 Å². The topological polar surface area (TPSA) is 130 Å². The number of H-pyrrole nitrogens is 2. The van der Waals surface area contributed by atoms with Crippen LogP contribution in [0.15, 0.2) is 50.9 Å². The van der Waals surface area contributed by atoms with Gasteiger partial charge in [0.25, 0.3) is 11.1 Å². The quantitative estimate of drug-likeness (QED) is 0.586. The Morgan fingerprint density at radius 1 is 1.20 bits per heavy atom. The zero-order chi connectivity index (χ0) is 21.1. The zero-order valence-electron chi connectivity index (χ0n) is 16.2. The summed E-state index contributed by atoms with van der Waals surface area (Å²) in [6.07, 6.45) is 2.90. The first-order valence-electron chi connectivity index (χ1n) is 9.67. The van der Waals surface area contributed by atoms with Crippen molar-refractivity contribution in [2.24, 2.45) is 0 Å². The van der Waals surface area contributed by atoms with E-state index >= 15 is 0 Å². The second-order valence-electron chi connectivity index (χ2n) is 7.18. The van der Waals surface area contributed by atoms with Crippen molar-refractivity contribution in [2.45, 2.75) is 32.0 Å². The van der Waals surface area contributed by atoms with Gasteiger partial charge in [0.2, 0.25) is 5.91 Å². The second kappa shape index (κ2) is 8.46. The standard InChI is InChI=1S/C20H21N5O5/c26-17-7-8-24(20(29)23-17)12-18(27)25(10-13-4-3-9-30-13)11-16-21-15-6-2-1-5-14(15)19(28)22-16/h1-2,5-8,13H,3-4,9-12H2,(H,21,22,28)(H,23,26,29)/t13-/m0/s1. The number of rotatable bonds is 6. The van der Waals surface area contributed by atoms with E-state index in [1.165, 1.54) is 17.2 Å². The molecule has 1 fully saturated rings. The van der Waals surface area contributed by atoms with Gasteiger partial charge in [-0.1, -0.05) is 12.1 Å². The summed E-state index contributed by atoms with van der Waals surface area (Å²) in [7, 11) is 0. The lowest BCUT2D eigenvalue weighted by Crippen LogP contribution is -2.41. The number of fused-ring (bicyclic) bond motifs is 1. The predicted molar refractivity (Wildman–Crippen MR) is 108 cm³/mol. The number of hydrogen-bond acceptors (Lipinski definition) is 6. The van der Waals surface area contributed by atoms with E-state index in [1.807, 2.05) is 0 Å². The Labute approximate surface area is 170 Å². The minimum absolute atomic E-state index is 0.0663. The number of para-hydroxylation sites is 1. The molecule has 1 amide bonds. The Morgan fingerprint density at radius 3 is 2.80 bits per heavy atom. The normalized spacial score (nSPS) is 16.1. The highest BCUT2D eigenvalue weighted by molar-refractivity contribution is 5.78. The number of ether oxygens (including phenoxy) is 1. The molecule has 2 aromatic heterocycles. The van der Waals surface area contributed by atoms with Gasteiger partial charge >= 0.3 is 5.69 Å². The van der Waals surface area contributed by atoms with Crippen molar-refractivity contribution < 1.29 is 9.53 Å². The smallest absolute Gasteiger partial charge is 0.328 e. The fourth-order valence-electron chi connectivity index (χ4n) is 3.49. The van der Waals surface area contributed by atoms with Crippen LogP contribution in [0.25, 0.3) is 10.9 Å². The highest BCUT2D eigenvalue weighted by Crippen LogP contribution is 2.15. The number of nitrogens with zero attached hydrogens (tertiary/aromatic N) is 3. The molecular formula is C20H21N5O5. The molecule has 1 saturated heterocycles. The number of carbonyl (C=O) groups excluding carboxylic acids is 1. The van der Waals surface area contributed by atoms with E-state index in [1.54, 1.807) is 24.3 Å². The molecule has 2 N–H and O–H groups in total. The number of benzene rings is 1. The fourth-order valence-corrected chi connectivity index (χ4v) is 3.49. The number of aromatic nitrogens is 4. The summed E-state index contributed by atoms with van der Waals surface area (Å²) < 4.78 is 6.78. The number of hydrogen-bond donors (Lipinski definition) is 2. The lowest BCUT2D eigenvalue weighted by molar-refractivity contribution is -0.134. The molecular weight excluding hydrogens is 390 g/mol. The van der Waals surface area contributed by atoms with Crippen molar-refractivity contribution in [3.63, 3.8) is 0 Å². The molecule has 10 nitrogen and oxygen atoms in total. The first kappa shape index (κ1) is 19.8. The largest absolute Gasteiger partial charge is 0.376 e. The van der Waals surface area contributed by atoms with Crippen LogP contribution < -0.4 is 16.8 Å². The van der Waals surface area contributed by atoms with Gasteiger partial charge in [-0.3, -0.25) is 23.9 Å². The van der Waals surface area contributed by atoms with E-state index in [4.69, 9.17) is 4.74 Å². The van der Waals surface area contributed by atoms with Crippen LogP contribution in [0.1, 0.15) is 18.7 Å². The monoisotopic (exact) mass is 411 g/mol. The van der Waals surface area contributed by atoms with Crippen LogP contribution in [0, 0.1) is 0 Å². The van der Waals surface area contributed by atoms with E-state index in [0.717, 1.165) is 17.4 Å². The summed E-state index contributed by atoms with van der Waals surface area (Å²) in [5.74, 6) is -0.00526. The summed E-state index contributed by atoms with van der Waals surface area (Å²) in [4.78, 5) is 59.4. The molecule has 0 unspecified atom stereocenters. The van der Waals surface area contributed by atoms with Crippen molar-refractivity contribution in [3.8, 4) is 0 Å². The van der Waals surface area contributed by atoms with Crippen LogP contribution in [0.3, 0.4) is 0 Å². The molecule has 0 aliphatic carbocycles. The number of amides is 1. The molecule has 3 heterocycles. The number of nitrogens with one attached hydrogen (secondary N) is 2. The minimum Gasteiger partial charge on any atom is -0.376 e. The summed E-state index contributed by atoms with van der Waals surface area (Å²) >= 11 is 0. The highest BCUT2D eigenvalue weighted by atomic mass is 16.5. The average Bonchev–Trinajstić information content (AvgIpc) is 3.23. The Balaban J connectivity index is 1.60. The Hall–Kier alpha value is -3.53. The third kappa shape index (κ3) is 4.38. The van der Waals surface area contributed by atoms with Crippen LogP contribution in [0.4, 0.5) is 0 Å². The second-order valence-corrected chi connectivity index (χ2v) is 7.18. The predicted octanol–water partition coefficient (Wildman–Crippen LogP) is -0.0191. The Morgan fingerprint density at radius 2 is 2.03 bits per heavy atom. The van der Waals surface area contributed by atoms with Crippen LogP contribution in [0.5, 0.6) is 0 Å². The van der Waals surface area contributed by atoms with Gasteiger partial charge in [0.1, 0.15) is 12.4 Å². The minimum atomic E-state index is -0.662. The molecule has 1 aliphatic rings. The molecule has 0 bridgehead atoms. The molecule has 0 radical (unpaired) electrons. The summed E-state index contributed by atoms with van der Waals surface area (Å²) in [5.41, 5.74) is -0.933. The van der Waals surface area contributed by atoms with E-state index in [9.17, 15) is 19.2 Å². The van der Waals surface area contributed by atoms with E-state index in [-0.39, 0.29) is 30.7 Å². The van der Waals surface area contributed by atoms with Crippen molar-refractivity contribution >= 4 is 16.8 Å². The lowest BCUT2D eigenvalue weighted by atomic mass is 10.2. The van der Waals surface area contributed by atoms with Crippen molar-refractivity contribution in [1.82, 2.24) is 24.4 Å². The number of carbonyl (C=O) groups is 1. The van der Waals surface area contributed by atoms with Gasteiger partial charge in [0.15, 0.2) is 0 Å². The van der Waals surface area contributed by atoms with Gasteiger partial charge in [-0.05, 0) is 25.0 Å². The fraction of sp³-hybridized carbons (Fsp3) is 0.350. The molecule has 1 aliphatic heterocycles. The first-order valence-corrected chi connectivity index (χ1v) is 9.67. The Kier molecular flexibility index (Phi) is 5.57. The molecule has 156 valence electrons. The molecule has 3 aromatic rings. The lowest BCUT2D eigenvalue weighted by Gasteiger charge is -2.25. The van der Waals surface area contributed by atoms with Gasteiger partial charge < -0.3 is 14.6 Å². The van der Waals surface area contributed by atoms with Gasteiger partial charge in [-0.25, -0.2) is 9.78 Å².